The normalized spacial score (nSPS) is 16.0. The molecule has 1 atom stereocenters. The average molecular weight is 587 g/mol. The third-order valence-corrected chi connectivity index (χ3v) is 8.21. The number of carbonyl (C=O) groups is 2. The molecule has 0 saturated carbocycles. The molecule has 1 fully saturated rings. The predicted octanol–water partition coefficient (Wildman–Crippen LogP) is 4.40. The van der Waals surface area contributed by atoms with E-state index in [-0.39, 0.29) is 23.0 Å². The van der Waals surface area contributed by atoms with Crippen LogP contribution < -0.4 is 4.72 Å². The standard InChI is InChI=1S/C27H27BrN2O6S/c28-24-11-4-5-12-25(24)37(33,34)29-26(31)23-10-6-9-21(16-23)15-22-17-30(13-14-35-18-22)27(32)36-19-20-7-2-1-3-8-20/h1-12,16,22H,13-15,17-19H2,(H,29,31)/t22-/m0/s1. The first-order valence-corrected chi connectivity index (χ1v) is 14.0. The van der Waals surface area contributed by atoms with E-state index in [1.165, 1.54) is 6.07 Å². The Hall–Kier alpha value is -3.21. The van der Waals surface area contributed by atoms with E-state index in [1.807, 2.05) is 36.4 Å². The zero-order chi connectivity index (χ0) is 26.3. The Morgan fingerprint density at radius 3 is 2.51 bits per heavy atom. The molecule has 1 aliphatic heterocycles. The lowest BCUT2D eigenvalue weighted by Gasteiger charge is -2.23. The van der Waals surface area contributed by atoms with Crippen LogP contribution >= 0.6 is 15.9 Å². The third kappa shape index (κ3) is 7.41. The van der Waals surface area contributed by atoms with E-state index in [0.717, 1.165) is 11.1 Å². The van der Waals surface area contributed by atoms with Crippen LogP contribution in [0.2, 0.25) is 0 Å². The quantitative estimate of drug-likeness (QED) is 0.440. The summed E-state index contributed by atoms with van der Waals surface area (Å²) in [6.45, 7) is 1.93. The number of hydrogen-bond acceptors (Lipinski definition) is 6. The van der Waals surface area contributed by atoms with Crippen molar-refractivity contribution in [2.24, 2.45) is 5.92 Å². The van der Waals surface area contributed by atoms with Crippen LogP contribution in [0.15, 0.2) is 88.2 Å². The molecule has 1 saturated heterocycles. The van der Waals surface area contributed by atoms with E-state index in [0.29, 0.717) is 37.2 Å². The summed E-state index contributed by atoms with van der Waals surface area (Å²) >= 11 is 3.21. The maximum atomic E-state index is 12.8. The number of hydrogen-bond donors (Lipinski definition) is 1. The first-order valence-electron chi connectivity index (χ1n) is 11.8. The van der Waals surface area contributed by atoms with Gasteiger partial charge in [0.1, 0.15) is 11.5 Å². The molecule has 1 N–H and O–H groups in total. The lowest BCUT2D eigenvalue weighted by Crippen LogP contribution is -2.36. The lowest BCUT2D eigenvalue weighted by molar-refractivity contribution is 0.0914. The van der Waals surface area contributed by atoms with Crippen LogP contribution in [0.1, 0.15) is 21.5 Å². The summed E-state index contributed by atoms with van der Waals surface area (Å²) in [7, 11) is -4.05. The van der Waals surface area contributed by atoms with Crippen molar-refractivity contribution in [2.45, 2.75) is 17.9 Å². The highest BCUT2D eigenvalue weighted by molar-refractivity contribution is 9.10. The molecule has 0 aromatic heterocycles. The summed E-state index contributed by atoms with van der Waals surface area (Å²) < 4.78 is 39.1. The Kier molecular flexibility index (Phi) is 8.96. The van der Waals surface area contributed by atoms with Crippen molar-refractivity contribution >= 4 is 38.0 Å². The molecular formula is C27H27BrN2O6S. The van der Waals surface area contributed by atoms with Crippen LogP contribution in [0.25, 0.3) is 0 Å². The molecule has 37 heavy (non-hydrogen) atoms. The van der Waals surface area contributed by atoms with Crippen LogP contribution in [0, 0.1) is 5.92 Å². The van der Waals surface area contributed by atoms with Crippen LogP contribution in [-0.2, 0) is 32.5 Å². The number of amides is 2. The molecule has 0 unspecified atom stereocenters. The van der Waals surface area contributed by atoms with Gasteiger partial charge in [0.15, 0.2) is 0 Å². The Morgan fingerprint density at radius 2 is 1.73 bits per heavy atom. The fourth-order valence-electron chi connectivity index (χ4n) is 4.05. The van der Waals surface area contributed by atoms with Crippen molar-refractivity contribution in [1.29, 1.82) is 0 Å². The summed E-state index contributed by atoms with van der Waals surface area (Å²) in [4.78, 5) is 27.1. The molecule has 0 bridgehead atoms. The van der Waals surface area contributed by atoms with Crippen molar-refractivity contribution in [2.75, 3.05) is 26.3 Å². The Labute approximate surface area is 224 Å². The molecule has 10 heteroatoms. The average Bonchev–Trinajstić information content (AvgIpc) is 3.13. The number of nitrogens with zero attached hydrogens (tertiary/aromatic N) is 1. The molecule has 0 radical (unpaired) electrons. The van der Waals surface area contributed by atoms with Crippen LogP contribution in [0.5, 0.6) is 0 Å². The van der Waals surface area contributed by atoms with Gasteiger partial charge in [-0.15, -0.1) is 0 Å². The van der Waals surface area contributed by atoms with Crippen LogP contribution in [0.4, 0.5) is 4.79 Å². The van der Waals surface area contributed by atoms with Gasteiger partial charge in [-0.3, -0.25) is 4.79 Å². The SMILES string of the molecule is O=C(NS(=O)(=O)c1ccccc1Br)c1cccc(C[C@@H]2COCCN(C(=O)OCc3ccccc3)C2)c1. The molecule has 2 amide bonds. The molecular weight excluding hydrogens is 560 g/mol. The van der Waals surface area contributed by atoms with Crippen molar-refractivity contribution in [3.8, 4) is 0 Å². The maximum Gasteiger partial charge on any atom is 0.410 e. The number of carbonyl (C=O) groups excluding carboxylic acids is 2. The van der Waals surface area contributed by atoms with Gasteiger partial charge in [-0.1, -0.05) is 54.6 Å². The molecule has 1 heterocycles. The fourth-order valence-corrected chi connectivity index (χ4v) is 6.03. The van der Waals surface area contributed by atoms with E-state index in [4.69, 9.17) is 9.47 Å². The number of ether oxygens (including phenoxy) is 2. The summed E-state index contributed by atoms with van der Waals surface area (Å²) in [5, 5.41) is 0. The van der Waals surface area contributed by atoms with Crippen molar-refractivity contribution in [1.82, 2.24) is 9.62 Å². The number of sulfonamides is 1. The second kappa shape index (κ2) is 12.4. The monoisotopic (exact) mass is 586 g/mol. The van der Waals surface area contributed by atoms with Crippen LogP contribution in [0.3, 0.4) is 0 Å². The number of benzene rings is 3. The smallest absolute Gasteiger partial charge is 0.410 e. The summed E-state index contributed by atoms with van der Waals surface area (Å²) in [5.41, 5.74) is 1.97. The van der Waals surface area contributed by atoms with Gasteiger partial charge in [-0.2, -0.15) is 0 Å². The van der Waals surface area contributed by atoms with Gasteiger partial charge in [0.2, 0.25) is 0 Å². The Bertz CT molecular complexity index is 1350. The molecule has 8 nitrogen and oxygen atoms in total. The highest BCUT2D eigenvalue weighted by Gasteiger charge is 2.25. The fraction of sp³-hybridized carbons (Fsp3) is 0.259. The first-order chi connectivity index (χ1) is 17.8. The minimum absolute atomic E-state index is 0.0191. The number of rotatable bonds is 7. The van der Waals surface area contributed by atoms with E-state index in [9.17, 15) is 18.0 Å². The molecule has 1 aliphatic rings. The molecule has 0 aliphatic carbocycles. The summed E-state index contributed by atoms with van der Waals surface area (Å²) in [5.74, 6) is -0.741. The zero-order valence-electron chi connectivity index (χ0n) is 20.0. The van der Waals surface area contributed by atoms with Crippen LogP contribution in [-0.4, -0.2) is 51.6 Å². The summed E-state index contributed by atoms with van der Waals surface area (Å²) in [6.07, 6.45) is 0.144. The minimum atomic E-state index is -4.05. The van der Waals surface area contributed by atoms with Crippen molar-refractivity contribution in [3.05, 3.63) is 100 Å². The van der Waals surface area contributed by atoms with E-state index >= 15 is 0 Å². The number of halogens is 1. The second-order valence-electron chi connectivity index (χ2n) is 8.70. The van der Waals surface area contributed by atoms with E-state index < -0.39 is 22.0 Å². The third-order valence-electron chi connectivity index (χ3n) is 5.87. The van der Waals surface area contributed by atoms with Gasteiger partial charge in [-0.25, -0.2) is 17.9 Å². The molecule has 3 aromatic rings. The second-order valence-corrected chi connectivity index (χ2v) is 11.2. The van der Waals surface area contributed by atoms with Crippen molar-refractivity contribution in [3.63, 3.8) is 0 Å². The number of nitrogens with one attached hydrogen (secondary N) is 1. The van der Waals surface area contributed by atoms with Gasteiger partial charge in [-0.05, 0) is 57.7 Å². The largest absolute Gasteiger partial charge is 0.445 e. The zero-order valence-corrected chi connectivity index (χ0v) is 22.4. The topological polar surface area (TPSA) is 102 Å². The molecule has 3 aromatic carbocycles. The minimum Gasteiger partial charge on any atom is -0.445 e. The highest BCUT2D eigenvalue weighted by atomic mass is 79.9. The van der Waals surface area contributed by atoms with Crippen molar-refractivity contribution < 1.29 is 27.5 Å². The van der Waals surface area contributed by atoms with E-state index in [1.54, 1.807) is 41.3 Å². The Morgan fingerprint density at radius 1 is 1.00 bits per heavy atom. The first kappa shape index (κ1) is 26.8. The molecule has 194 valence electrons. The maximum absolute atomic E-state index is 12.8. The van der Waals surface area contributed by atoms with Gasteiger partial charge < -0.3 is 14.4 Å². The van der Waals surface area contributed by atoms with Gasteiger partial charge in [0, 0.05) is 29.0 Å². The predicted molar refractivity (Wildman–Crippen MR) is 141 cm³/mol. The highest BCUT2D eigenvalue weighted by Crippen LogP contribution is 2.22. The summed E-state index contributed by atoms with van der Waals surface area (Å²) in [6, 6.07) is 22.6. The van der Waals surface area contributed by atoms with Gasteiger partial charge >= 0.3 is 6.09 Å². The molecule has 0 spiro atoms. The lowest BCUT2D eigenvalue weighted by atomic mass is 9.98. The van der Waals surface area contributed by atoms with E-state index in [2.05, 4.69) is 20.7 Å². The Balaban J connectivity index is 1.38. The molecule has 4 rings (SSSR count). The van der Waals surface area contributed by atoms with Gasteiger partial charge in [0.25, 0.3) is 15.9 Å². The van der Waals surface area contributed by atoms with Gasteiger partial charge in [0.05, 0.1) is 13.2 Å².